The molecule has 0 spiro atoms. The number of likely N-dealkylation sites (tertiary alicyclic amines) is 1. The Balaban J connectivity index is 1.54. The molecule has 0 aromatic heterocycles. The van der Waals surface area contributed by atoms with Crippen LogP contribution in [-0.2, 0) is 9.47 Å². The van der Waals surface area contributed by atoms with Gasteiger partial charge in [0.1, 0.15) is 23.9 Å². The van der Waals surface area contributed by atoms with Crippen molar-refractivity contribution in [3.8, 4) is 0 Å². The molecule has 1 saturated heterocycles. The highest BCUT2D eigenvalue weighted by Crippen LogP contribution is 2.35. The Morgan fingerprint density at radius 3 is 2.62 bits per heavy atom. The molecule has 4 rings (SSSR count). The summed E-state index contributed by atoms with van der Waals surface area (Å²) in [6.07, 6.45) is 1.90. The molecule has 2 N–H and O–H groups in total. The van der Waals surface area contributed by atoms with Gasteiger partial charge in [-0.1, -0.05) is 5.11 Å². The van der Waals surface area contributed by atoms with Crippen LogP contribution in [0.5, 0.6) is 0 Å². The van der Waals surface area contributed by atoms with Gasteiger partial charge >= 0.3 is 0 Å². The molecule has 2 aliphatic rings. The largest absolute Gasteiger partial charge is 0.459 e. The molecule has 0 saturated carbocycles. The summed E-state index contributed by atoms with van der Waals surface area (Å²) in [4.78, 5) is 17.0. The number of aliphatic hydroxyl groups is 1. The van der Waals surface area contributed by atoms with Crippen LogP contribution in [0.2, 0.25) is 0 Å². The lowest BCUT2D eigenvalue weighted by Crippen LogP contribution is -2.68. The van der Waals surface area contributed by atoms with Crippen LogP contribution in [-0.4, -0.2) is 46.9 Å². The fraction of sp³-hybridized carbons (Fsp3) is 0.286. The van der Waals surface area contributed by atoms with Gasteiger partial charge < -0.3 is 24.8 Å². The van der Waals surface area contributed by atoms with Crippen molar-refractivity contribution in [3.05, 3.63) is 79.9 Å². The van der Waals surface area contributed by atoms with E-state index in [0.29, 0.717) is 3.57 Å². The Labute approximate surface area is 204 Å². The van der Waals surface area contributed by atoms with Crippen LogP contribution in [0.15, 0.2) is 48.0 Å². The van der Waals surface area contributed by atoms with Crippen LogP contribution < -0.4 is 5.32 Å². The quantitative estimate of drug-likeness (QED) is 0.213. The Morgan fingerprint density at radius 1 is 1.26 bits per heavy atom. The van der Waals surface area contributed by atoms with E-state index in [1.54, 1.807) is 6.07 Å². The van der Waals surface area contributed by atoms with E-state index >= 15 is 0 Å². The Morgan fingerprint density at radius 2 is 1.97 bits per heavy atom. The molecule has 178 valence electrons. The van der Waals surface area contributed by atoms with Gasteiger partial charge in [0.15, 0.2) is 11.6 Å². The second-order valence-electron chi connectivity index (χ2n) is 7.73. The minimum Gasteiger partial charge on any atom is -0.459 e. The number of hydrogen-bond acceptors (Lipinski definition) is 6. The number of halogens is 4. The van der Waals surface area contributed by atoms with E-state index in [-0.39, 0.29) is 30.8 Å². The number of anilines is 2. The molecule has 9 nitrogen and oxygen atoms in total. The van der Waals surface area contributed by atoms with E-state index in [2.05, 4.69) is 15.3 Å². The van der Waals surface area contributed by atoms with E-state index in [0.717, 1.165) is 12.1 Å². The standard InChI is InChI=1S/C21H17F3IN5O4/c22-13-3-2-12(19(18(13)24)27-15-4-1-11(25)7-14(15)23)20(31)30-9-21(32,10-30)16(28-29-26)8-17-33-5-6-34-17/h1-7,16-17,27,32H,8-10H2. The third kappa shape index (κ3) is 4.72. The fourth-order valence-electron chi connectivity index (χ4n) is 3.72. The highest BCUT2D eigenvalue weighted by Gasteiger charge is 2.50. The molecule has 34 heavy (non-hydrogen) atoms. The van der Waals surface area contributed by atoms with Crippen molar-refractivity contribution in [2.24, 2.45) is 5.11 Å². The lowest BCUT2D eigenvalue weighted by molar-refractivity contribution is -0.118. The second-order valence-corrected chi connectivity index (χ2v) is 8.97. The van der Waals surface area contributed by atoms with Crippen molar-refractivity contribution in [1.29, 1.82) is 0 Å². The van der Waals surface area contributed by atoms with Gasteiger partial charge in [-0.3, -0.25) is 4.79 Å². The van der Waals surface area contributed by atoms with Gasteiger partial charge in [0.05, 0.1) is 36.1 Å². The molecular weight excluding hydrogens is 570 g/mol. The number of carbonyl (C=O) groups excluding carboxylic acids is 1. The maximum Gasteiger partial charge on any atom is 0.256 e. The summed E-state index contributed by atoms with van der Waals surface area (Å²) in [5.74, 6) is -4.02. The molecule has 0 radical (unpaired) electrons. The zero-order valence-corrected chi connectivity index (χ0v) is 19.4. The van der Waals surface area contributed by atoms with Crippen molar-refractivity contribution in [1.82, 2.24) is 4.90 Å². The summed E-state index contributed by atoms with van der Waals surface area (Å²) >= 11 is 1.90. The summed E-state index contributed by atoms with van der Waals surface area (Å²) in [6, 6.07) is 4.97. The van der Waals surface area contributed by atoms with Crippen LogP contribution in [0, 0.1) is 21.0 Å². The topological polar surface area (TPSA) is 120 Å². The summed E-state index contributed by atoms with van der Waals surface area (Å²) in [6.45, 7) is -0.488. The molecule has 1 fully saturated rings. The third-order valence-corrected chi connectivity index (χ3v) is 6.15. The van der Waals surface area contributed by atoms with Crippen LogP contribution in [0.3, 0.4) is 0 Å². The van der Waals surface area contributed by atoms with Crippen LogP contribution in [0.25, 0.3) is 10.4 Å². The van der Waals surface area contributed by atoms with Crippen LogP contribution in [0.1, 0.15) is 16.8 Å². The van der Waals surface area contributed by atoms with Gasteiger partial charge in [-0.05, 0) is 58.5 Å². The minimum atomic E-state index is -1.58. The van der Waals surface area contributed by atoms with Gasteiger partial charge in [-0.15, -0.1) is 0 Å². The predicted octanol–water partition coefficient (Wildman–Crippen LogP) is 4.55. The molecule has 2 heterocycles. The normalized spacial score (nSPS) is 17.3. The number of amides is 1. The summed E-state index contributed by atoms with van der Waals surface area (Å²) in [7, 11) is 0. The smallest absolute Gasteiger partial charge is 0.256 e. The van der Waals surface area contributed by atoms with Gasteiger partial charge in [-0.25, -0.2) is 13.2 Å². The average molecular weight is 587 g/mol. The highest BCUT2D eigenvalue weighted by atomic mass is 127. The van der Waals surface area contributed by atoms with Crippen molar-refractivity contribution in [2.45, 2.75) is 24.4 Å². The Bertz CT molecular complexity index is 1190. The number of β-amino-alcohol motifs (C(OH)–C–C–N with tert-alkyl or cyclic N) is 1. The molecule has 1 amide bonds. The summed E-state index contributed by atoms with van der Waals surface area (Å²) in [5, 5.41) is 17.0. The van der Waals surface area contributed by atoms with Crippen molar-refractivity contribution in [3.63, 3.8) is 0 Å². The molecule has 13 heteroatoms. The predicted molar refractivity (Wildman–Crippen MR) is 122 cm³/mol. The number of carbonyl (C=O) groups is 1. The Hall–Kier alpha value is -3.16. The number of benzene rings is 2. The molecule has 1 unspecified atom stereocenters. The number of rotatable bonds is 7. The zero-order chi connectivity index (χ0) is 24.5. The van der Waals surface area contributed by atoms with Gasteiger partial charge in [0, 0.05) is 14.9 Å². The number of nitrogens with zero attached hydrogens (tertiary/aromatic N) is 4. The van der Waals surface area contributed by atoms with E-state index in [1.165, 1.54) is 29.6 Å². The molecule has 2 aromatic carbocycles. The monoisotopic (exact) mass is 587 g/mol. The number of ether oxygens (including phenoxy) is 2. The third-order valence-electron chi connectivity index (χ3n) is 5.48. The first-order valence-corrected chi connectivity index (χ1v) is 11.0. The van der Waals surface area contributed by atoms with Crippen LogP contribution in [0.4, 0.5) is 24.5 Å². The first-order valence-electron chi connectivity index (χ1n) is 9.94. The van der Waals surface area contributed by atoms with Gasteiger partial charge in [0.25, 0.3) is 5.91 Å². The molecule has 0 bridgehead atoms. The van der Waals surface area contributed by atoms with E-state index in [1.807, 2.05) is 22.6 Å². The number of nitrogens with one attached hydrogen (secondary N) is 1. The molecular formula is C21H17F3IN5O4. The first kappa shape index (κ1) is 24.0. The lowest BCUT2D eigenvalue weighted by atomic mass is 9.84. The first-order chi connectivity index (χ1) is 16.2. The average Bonchev–Trinajstić information content (AvgIpc) is 3.29. The van der Waals surface area contributed by atoms with Gasteiger partial charge in [0.2, 0.25) is 6.29 Å². The number of azide groups is 1. The lowest BCUT2D eigenvalue weighted by Gasteiger charge is -2.49. The highest BCUT2D eigenvalue weighted by molar-refractivity contribution is 14.1. The summed E-state index contributed by atoms with van der Waals surface area (Å²) < 4.78 is 53.8. The maximum absolute atomic E-state index is 14.6. The molecule has 0 aliphatic carbocycles. The fourth-order valence-corrected chi connectivity index (χ4v) is 4.17. The molecule has 2 aliphatic heterocycles. The van der Waals surface area contributed by atoms with Crippen molar-refractivity contribution in [2.75, 3.05) is 18.4 Å². The number of hydrogen-bond donors (Lipinski definition) is 2. The summed E-state index contributed by atoms with van der Waals surface area (Å²) in [5.41, 5.74) is 6.35. The van der Waals surface area contributed by atoms with Gasteiger partial charge in [-0.2, -0.15) is 0 Å². The van der Waals surface area contributed by atoms with E-state index in [9.17, 15) is 23.1 Å². The minimum absolute atomic E-state index is 0.0274. The van der Waals surface area contributed by atoms with E-state index in [4.69, 9.17) is 15.0 Å². The maximum atomic E-state index is 14.6. The molecule has 1 atom stereocenters. The zero-order valence-electron chi connectivity index (χ0n) is 17.3. The van der Waals surface area contributed by atoms with Crippen molar-refractivity contribution < 1.29 is 32.5 Å². The molecule has 2 aromatic rings. The SMILES string of the molecule is [N-]=[N+]=NC(CC1OC=CO1)C1(O)CN(C(=O)c2ccc(F)c(F)c2Nc2ccc(I)cc2F)C1. The Kier molecular flexibility index (Phi) is 6.77. The van der Waals surface area contributed by atoms with Crippen molar-refractivity contribution >= 4 is 39.9 Å². The van der Waals surface area contributed by atoms with Crippen LogP contribution >= 0.6 is 22.6 Å². The second kappa shape index (κ2) is 9.60. The van der Waals surface area contributed by atoms with E-state index < -0.39 is 47.0 Å².